The third-order valence-electron chi connectivity index (χ3n) is 6.34. The molecule has 4 N–H and O–H groups in total. The van der Waals surface area contributed by atoms with Crippen molar-refractivity contribution in [3.05, 3.63) is 0 Å². The standard InChI is InChI=1S/C21H34N4O6/c1-3-13(2)18(21(31)24-10-4-6-14(24)12-26)23-19(29)16-7-5-11-25(16)20(30)15(22)8-9-17(27)28/h12-16,18H,3-11,22H2,1-2H3,(H,23,29)(H,27,28)/t13-,14-,15-,16-,18-/m0/s1. The zero-order valence-electron chi connectivity index (χ0n) is 18.3. The third-order valence-corrected chi connectivity index (χ3v) is 6.34. The van der Waals surface area contributed by atoms with E-state index >= 15 is 0 Å². The lowest BCUT2D eigenvalue weighted by molar-refractivity contribution is -0.143. The van der Waals surface area contributed by atoms with E-state index in [0.29, 0.717) is 38.8 Å². The fourth-order valence-corrected chi connectivity index (χ4v) is 4.24. The Morgan fingerprint density at radius 3 is 2.39 bits per heavy atom. The second-order valence-electron chi connectivity index (χ2n) is 8.48. The number of nitrogens with zero attached hydrogens (tertiary/aromatic N) is 2. The molecule has 0 saturated carbocycles. The van der Waals surface area contributed by atoms with Crippen molar-refractivity contribution in [1.29, 1.82) is 0 Å². The van der Waals surface area contributed by atoms with E-state index in [2.05, 4.69) is 5.32 Å². The maximum absolute atomic E-state index is 13.1. The molecule has 0 aromatic carbocycles. The summed E-state index contributed by atoms with van der Waals surface area (Å²) in [6.07, 6.45) is 3.64. The van der Waals surface area contributed by atoms with Gasteiger partial charge in [-0.1, -0.05) is 20.3 Å². The zero-order chi connectivity index (χ0) is 23.1. The number of rotatable bonds is 10. The molecule has 3 amide bonds. The lowest BCUT2D eigenvalue weighted by Gasteiger charge is -2.32. The summed E-state index contributed by atoms with van der Waals surface area (Å²) in [5, 5.41) is 11.6. The molecule has 2 heterocycles. The van der Waals surface area contributed by atoms with Crippen molar-refractivity contribution in [3.8, 4) is 0 Å². The third kappa shape index (κ3) is 6.03. The molecule has 0 bridgehead atoms. The molecule has 2 rings (SSSR count). The molecule has 0 unspecified atom stereocenters. The van der Waals surface area contributed by atoms with Crippen LogP contribution in [-0.4, -0.2) is 82.1 Å². The Bertz CT molecular complexity index is 699. The molecule has 0 aromatic heterocycles. The lowest BCUT2D eigenvalue weighted by atomic mass is 9.96. The van der Waals surface area contributed by atoms with Crippen LogP contribution in [0.15, 0.2) is 0 Å². The van der Waals surface area contributed by atoms with E-state index in [-0.39, 0.29) is 24.7 Å². The van der Waals surface area contributed by atoms with Crippen molar-refractivity contribution in [2.24, 2.45) is 11.7 Å². The number of nitrogens with two attached hydrogens (primary N) is 1. The van der Waals surface area contributed by atoms with Gasteiger partial charge in [0, 0.05) is 19.5 Å². The van der Waals surface area contributed by atoms with Crippen molar-refractivity contribution in [2.75, 3.05) is 13.1 Å². The van der Waals surface area contributed by atoms with Crippen molar-refractivity contribution in [3.63, 3.8) is 0 Å². The molecule has 5 atom stereocenters. The van der Waals surface area contributed by atoms with Gasteiger partial charge in [-0.3, -0.25) is 19.2 Å². The van der Waals surface area contributed by atoms with Crippen LogP contribution in [0, 0.1) is 5.92 Å². The predicted octanol–water partition coefficient (Wildman–Crippen LogP) is -0.110. The van der Waals surface area contributed by atoms with Crippen LogP contribution in [-0.2, 0) is 24.0 Å². The molecule has 174 valence electrons. The van der Waals surface area contributed by atoms with Gasteiger partial charge >= 0.3 is 5.97 Å². The molecular weight excluding hydrogens is 404 g/mol. The van der Waals surface area contributed by atoms with Crippen LogP contribution in [0.25, 0.3) is 0 Å². The minimum absolute atomic E-state index is 0.00493. The van der Waals surface area contributed by atoms with Gasteiger partial charge in [0.15, 0.2) is 0 Å². The maximum Gasteiger partial charge on any atom is 0.303 e. The van der Waals surface area contributed by atoms with Gasteiger partial charge in [-0.15, -0.1) is 0 Å². The van der Waals surface area contributed by atoms with Gasteiger partial charge in [0.05, 0.1) is 12.1 Å². The van der Waals surface area contributed by atoms with Crippen LogP contribution in [0.2, 0.25) is 0 Å². The molecule has 2 aliphatic rings. The highest BCUT2D eigenvalue weighted by Gasteiger charge is 2.40. The van der Waals surface area contributed by atoms with Gasteiger partial charge in [-0.2, -0.15) is 0 Å². The molecule has 10 nitrogen and oxygen atoms in total. The van der Waals surface area contributed by atoms with Crippen molar-refractivity contribution >= 4 is 30.0 Å². The number of likely N-dealkylation sites (tertiary alicyclic amines) is 2. The molecule has 31 heavy (non-hydrogen) atoms. The van der Waals surface area contributed by atoms with Crippen LogP contribution in [0.3, 0.4) is 0 Å². The Hall–Kier alpha value is -2.49. The van der Waals surface area contributed by atoms with Gasteiger partial charge in [0.2, 0.25) is 17.7 Å². The van der Waals surface area contributed by atoms with E-state index < -0.39 is 42.0 Å². The molecule has 0 spiro atoms. The zero-order valence-corrected chi connectivity index (χ0v) is 18.3. The molecule has 0 radical (unpaired) electrons. The molecule has 10 heteroatoms. The second kappa shape index (κ2) is 11.2. The predicted molar refractivity (Wildman–Crippen MR) is 112 cm³/mol. The fourth-order valence-electron chi connectivity index (χ4n) is 4.24. The number of nitrogens with one attached hydrogen (secondary N) is 1. The Balaban J connectivity index is 2.09. The number of hydrogen-bond donors (Lipinski definition) is 3. The summed E-state index contributed by atoms with van der Waals surface area (Å²) in [5.41, 5.74) is 5.86. The number of carboxylic acid groups (broad SMARTS) is 1. The van der Waals surface area contributed by atoms with E-state index in [4.69, 9.17) is 10.8 Å². The Morgan fingerprint density at radius 1 is 1.13 bits per heavy atom. The first-order chi connectivity index (χ1) is 14.7. The van der Waals surface area contributed by atoms with Crippen LogP contribution in [0.5, 0.6) is 0 Å². The van der Waals surface area contributed by atoms with Crippen LogP contribution < -0.4 is 11.1 Å². The molecule has 0 aliphatic carbocycles. The minimum atomic E-state index is -1.04. The first-order valence-electron chi connectivity index (χ1n) is 11.0. The van der Waals surface area contributed by atoms with Gasteiger partial charge in [-0.25, -0.2) is 0 Å². The SMILES string of the molecule is CC[C@H](C)[C@H](NC(=O)[C@@H]1CCCN1C(=O)[C@@H](N)CCC(=O)O)C(=O)N1CCC[C@H]1C=O. The summed E-state index contributed by atoms with van der Waals surface area (Å²) in [6, 6.07) is -2.98. The Morgan fingerprint density at radius 2 is 1.77 bits per heavy atom. The highest BCUT2D eigenvalue weighted by Crippen LogP contribution is 2.22. The average Bonchev–Trinajstić information content (AvgIpc) is 3.43. The van der Waals surface area contributed by atoms with Gasteiger partial charge in [-0.05, 0) is 38.0 Å². The molecule has 2 fully saturated rings. The smallest absolute Gasteiger partial charge is 0.303 e. The quantitative estimate of drug-likeness (QED) is 0.403. The summed E-state index contributed by atoms with van der Waals surface area (Å²) in [7, 11) is 0. The van der Waals surface area contributed by atoms with Crippen LogP contribution in [0.1, 0.15) is 58.8 Å². The Labute approximate surface area is 182 Å². The number of aliphatic carboxylic acids is 1. The van der Waals surface area contributed by atoms with E-state index in [1.54, 1.807) is 0 Å². The van der Waals surface area contributed by atoms with Crippen molar-refractivity contribution < 1.29 is 29.1 Å². The summed E-state index contributed by atoms with van der Waals surface area (Å²) >= 11 is 0. The fraction of sp³-hybridized carbons (Fsp3) is 0.762. The summed E-state index contributed by atoms with van der Waals surface area (Å²) < 4.78 is 0. The van der Waals surface area contributed by atoms with E-state index in [0.717, 1.165) is 12.7 Å². The second-order valence-corrected chi connectivity index (χ2v) is 8.48. The Kier molecular flexibility index (Phi) is 8.97. The lowest BCUT2D eigenvalue weighted by Crippen LogP contribution is -2.57. The maximum atomic E-state index is 13.1. The highest BCUT2D eigenvalue weighted by atomic mass is 16.4. The van der Waals surface area contributed by atoms with Crippen LogP contribution >= 0.6 is 0 Å². The number of hydrogen-bond acceptors (Lipinski definition) is 6. The topological polar surface area (TPSA) is 150 Å². The molecule has 2 saturated heterocycles. The first kappa shape index (κ1) is 24.8. The molecular formula is C21H34N4O6. The highest BCUT2D eigenvalue weighted by molar-refractivity contribution is 5.94. The number of amides is 3. The van der Waals surface area contributed by atoms with Gasteiger partial charge in [0.1, 0.15) is 18.4 Å². The van der Waals surface area contributed by atoms with Crippen LogP contribution in [0.4, 0.5) is 0 Å². The summed E-state index contributed by atoms with van der Waals surface area (Å²) in [4.78, 5) is 63.9. The normalized spacial score (nSPS) is 23.8. The largest absolute Gasteiger partial charge is 0.481 e. The summed E-state index contributed by atoms with van der Waals surface area (Å²) in [6.45, 7) is 4.63. The monoisotopic (exact) mass is 438 g/mol. The number of aldehydes is 1. The van der Waals surface area contributed by atoms with E-state index in [1.165, 1.54) is 9.80 Å². The average molecular weight is 439 g/mol. The molecule has 2 aliphatic heterocycles. The number of carbonyl (C=O) groups is 5. The number of carbonyl (C=O) groups excluding carboxylic acids is 4. The van der Waals surface area contributed by atoms with Gasteiger partial charge in [0.25, 0.3) is 0 Å². The van der Waals surface area contributed by atoms with Crippen molar-refractivity contribution in [2.45, 2.75) is 83.0 Å². The van der Waals surface area contributed by atoms with Gasteiger partial charge < -0.3 is 30.8 Å². The van der Waals surface area contributed by atoms with E-state index in [9.17, 15) is 24.0 Å². The minimum Gasteiger partial charge on any atom is -0.481 e. The first-order valence-corrected chi connectivity index (χ1v) is 11.0. The summed E-state index contributed by atoms with van der Waals surface area (Å²) in [5.74, 6) is -2.33. The van der Waals surface area contributed by atoms with Crippen molar-refractivity contribution in [1.82, 2.24) is 15.1 Å². The van der Waals surface area contributed by atoms with E-state index in [1.807, 2.05) is 13.8 Å². The molecule has 0 aromatic rings. The number of carboxylic acids is 1.